The van der Waals surface area contributed by atoms with Crippen LogP contribution in [0.3, 0.4) is 0 Å². The summed E-state index contributed by atoms with van der Waals surface area (Å²) >= 11 is 5.40. The Hall–Kier alpha value is -0.840. The van der Waals surface area contributed by atoms with Gasteiger partial charge in [0.15, 0.2) is 0 Å². The third-order valence-corrected chi connectivity index (χ3v) is 5.05. The Balaban J connectivity index is 2.03. The molecule has 1 heterocycles. The highest BCUT2D eigenvalue weighted by molar-refractivity contribution is 9.10. The molecule has 1 aromatic heterocycles. The molecule has 0 aliphatic rings. The number of nitrogens with one attached hydrogen (secondary N) is 1. The lowest BCUT2D eigenvalue weighted by Crippen LogP contribution is -2.18. The van der Waals surface area contributed by atoms with E-state index in [1.54, 1.807) is 7.11 Å². The summed E-state index contributed by atoms with van der Waals surface area (Å²) in [6.45, 7) is 7.43. The third-order valence-electron chi connectivity index (χ3n) is 3.42. The maximum atomic E-state index is 5.26. The van der Waals surface area contributed by atoms with E-state index >= 15 is 0 Å². The normalized spacial score (nSPS) is 12.4. The number of halogens is 1. The van der Waals surface area contributed by atoms with E-state index < -0.39 is 0 Å². The first-order valence-electron chi connectivity index (χ1n) is 6.64. The molecular weight excluding hydrogens is 334 g/mol. The van der Waals surface area contributed by atoms with Gasteiger partial charge in [0.2, 0.25) is 0 Å². The Morgan fingerprint density at radius 1 is 1.30 bits per heavy atom. The van der Waals surface area contributed by atoms with E-state index in [0.29, 0.717) is 6.04 Å². The number of methoxy groups -OCH3 is 1. The number of hydrogen-bond acceptors (Lipinski definition) is 3. The average molecular weight is 354 g/mol. The van der Waals surface area contributed by atoms with E-state index in [2.05, 4.69) is 60.2 Å². The van der Waals surface area contributed by atoms with Crippen molar-refractivity contribution < 1.29 is 4.74 Å². The fraction of sp³-hybridized carbons (Fsp3) is 0.375. The molecule has 0 saturated carbocycles. The Morgan fingerprint density at radius 3 is 2.60 bits per heavy atom. The van der Waals surface area contributed by atoms with E-state index in [-0.39, 0.29) is 0 Å². The molecular formula is C16H20BrNOS. The average Bonchev–Trinajstić information content (AvgIpc) is 2.74. The van der Waals surface area contributed by atoms with Crippen LogP contribution in [0.1, 0.15) is 33.8 Å². The molecule has 0 aliphatic carbocycles. The van der Waals surface area contributed by atoms with Crippen molar-refractivity contribution in [2.24, 2.45) is 0 Å². The molecule has 2 rings (SSSR count). The van der Waals surface area contributed by atoms with Crippen LogP contribution in [0, 0.1) is 13.8 Å². The van der Waals surface area contributed by atoms with Gasteiger partial charge in [0.1, 0.15) is 5.75 Å². The molecule has 0 saturated heterocycles. The van der Waals surface area contributed by atoms with Gasteiger partial charge in [0.25, 0.3) is 0 Å². The van der Waals surface area contributed by atoms with Crippen LogP contribution in [-0.2, 0) is 6.54 Å². The van der Waals surface area contributed by atoms with Crippen LogP contribution in [0.25, 0.3) is 0 Å². The lowest BCUT2D eigenvalue weighted by Gasteiger charge is -2.15. The minimum Gasteiger partial charge on any atom is -0.496 e. The number of thiophene rings is 1. The summed E-state index contributed by atoms with van der Waals surface area (Å²) in [5.74, 6) is 0.866. The quantitative estimate of drug-likeness (QED) is 0.817. The number of benzene rings is 1. The number of hydrogen-bond donors (Lipinski definition) is 1. The van der Waals surface area contributed by atoms with E-state index in [4.69, 9.17) is 4.74 Å². The van der Waals surface area contributed by atoms with Gasteiger partial charge in [0.05, 0.1) is 11.6 Å². The molecule has 1 unspecified atom stereocenters. The number of aryl methyl sites for hydroxylation is 2. The molecule has 0 aliphatic heterocycles. The topological polar surface area (TPSA) is 21.3 Å². The van der Waals surface area contributed by atoms with Crippen molar-refractivity contribution in [1.82, 2.24) is 5.32 Å². The maximum Gasteiger partial charge on any atom is 0.133 e. The molecule has 2 aromatic rings. The maximum absolute atomic E-state index is 5.26. The Bertz CT molecular complexity index is 594. The Morgan fingerprint density at radius 2 is 2.05 bits per heavy atom. The van der Waals surface area contributed by atoms with Crippen molar-refractivity contribution >= 4 is 27.3 Å². The zero-order valence-electron chi connectivity index (χ0n) is 12.3. The SMILES string of the molecule is COc1ccc(C(C)NCc2cc(C)sc2C)cc1Br. The van der Waals surface area contributed by atoms with E-state index in [0.717, 1.165) is 16.8 Å². The van der Waals surface area contributed by atoms with Crippen LogP contribution >= 0.6 is 27.3 Å². The Labute approximate surface area is 133 Å². The lowest BCUT2D eigenvalue weighted by atomic mass is 10.1. The zero-order chi connectivity index (χ0) is 14.7. The van der Waals surface area contributed by atoms with Crippen molar-refractivity contribution in [3.8, 4) is 5.75 Å². The van der Waals surface area contributed by atoms with E-state index in [9.17, 15) is 0 Å². The number of ether oxygens (including phenoxy) is 1. The van der Waals surface area contributed by atoms with Crippen LogP contribution in [0.4, 0.5) is 0 Å². The van der Waals surface area contributed by atoms with Gasteiger partial charge in [-0.3, -0.25) is 0 Å². The van der Waals surface area contributed by atoms with Gasteiger partial charge in [-0.2, -0.15) is 0 Å². The van der Waals surface area contributed by atoms with E-state index in [1.165, 1.54) is 20.9 Å². The highest BCUT2D eigenvalue weighted by Gasteiger charge is 2.09. The summed E-state index contributed by atoms with van der Waals surface area (Å²) in [7, 11) is 1.68. The summed E-state index contributed by atoms with van der Waals surface area (Å²) in [5.41, 5.74) is 2.65. The van der Waals surface area contributed by atoms with Gasteiger partial charge >= 0.3 is 0 Å². The van der Waals surface area contributed by atoms with Crippen molar-refractivity contribution in [2.45, 2.75) is 33.4 Å². The fourth-order valence-electron chi connectivity index (χ4n) is 2.19. The van der Waals surface area contributed by atoms with E-state index in [1.807, 2.05) is 17.4 Å². The predicted octanol–water partition coefficient (Wildman–Crippen LogP) is 4.99. The Kier molecular flexibility index (Phi) is 5.24. The number of rotatable bonds is 5. The van der Waals surface area contributed by atoms with Crippen molar-refractivity contribution in [3.63, 3.8) is 0 Å². The van der Waals surface area contributed by atoms with Gasteiger partial charge in [-0.15, -0.1) is 11.3 Å². The smallest absolute Gasteiger partial charge is 0.133 e. The van der Waals surface area contributed by atoms with Gasteiger partial charge in [0, 0.05) is 22.3 Å². The lowest BCUT2D eigenvalue weighted by molar-refractivity contribution is 0.411. The highest BCUT2D eigenvalue weighted by Crippen LogP contribution is 2.28. The van der Waals surface area contributed by atoms with Gasteiger partial charge < -0.3 is 10.1 Å². The van der Waals surface area contributed by atoms with Crippen molar-refractivity contribution in [2.75, 3.05) is 7.11 Å². The second-order valence-electron chi connectivity index (χ2n) is 4.94. The largest absolute Gasteiger partial charge is 0.496 e. The van der Waals surface area contributed by atoms with Crippen LogP contribution < -0.4 is 10.1 Å². The van der Waals surface area contributed by atoms with Crippen LogP contribution in [0.5, 0.6) is 5.75 Å². The monoisotopic (exact) mass is 353 g/mol. The molecule has 1 atom stereocenters. The molecule has 108 valence electrons. The standard InChI is InChI=1S/C16H20BrNOS/c1-10-7-14(12(3)20-10)9-18-11(2)13-5-6-16(19-4)15(17)8-13/h5-8,11,18H,9H2,1-4H3. The summed E-state index contributed by atoms with van der Waals surface area (Å²) in [6.07, 6.45) is 0. The first kappa shape index (κ1) is 15.5. The highest BCUT2D eigenvalue weighted by atomic mass is 79.9. The second-order valence-corrected chi connectivity index (χ2v) is 7.25. The molecule has 1 N–H and O–H groups in total. The fourth-order valence-corrected chi connectivity index (χ4v) is 3.70. The first-order valence-corrected chi connectivity index (χ1v) is 8.25. The zero-order valence-corrected chi connectivity index (χ0v) is 14.7. The molecule has 0 fully saturated rings. The van der Waals surface area contributed by atoms with Crippen molar-refractivity contribution in [3.05, 3.63) is 49.6 Å². The van der Waals surface area contributed by atoms with Crippen molar-refractivity contribution in [1.29, 1.82) is 0 Å². The summed E-state index contributed by atoms with van der Waals surface area (Å²) in [4.78, 5) is 2.78. The van der Waals surface area contributed by atoms with Crippen LogP contribution in [-0.4, -0.2) is 7.11 Å². The molecule has 2 nitrogen and oxygen atoms in total. The molecule has 0 bridgehead atoms. The summed E-state index contributed by atoms with van der Waals surface area (Å²) in [6, 6.07) is 8.79. The molecule has 4 heteroatoms. The summed E-state index contributed by atoms with van der Waals surface area (Å²) < 4.78 is 6.26. The molecule has 0 amide bonds. The minimum atomic E-state index is 0.303. The minimum absolute atomic E-state index is 0.303. The molecule has 0 radical (unpaired) electrons. The van der Waals surface area contributed by atoms with Gasteiger partial charge in [-0.05, 0) is 66.0 Å². The molecule has 20 heavy (non-hydrogen) atoms. The predicted molar refractivity (Wildman–Crippen MR) is 89.7 cm³/mol. The summed E-state index contributed by atoms with van der Waals surface area (Å²) in [5, 5.41) is 3.58. The van der Waals surface area contributed by atoms with Crippen LogP contribution in [0.2, 0.25) is 0 Å². The second kappa shape index (κ2) is 6.74. The third kappa shape index (κ3) is 3.62. The molecule has 1 aromatic carbocycles. The van der Waals surface area contributed by atoms with Gasteiger partial charge in [-0.25, -0.2) is 0 Å². The van der Waals surface area contributed by atoms with Crippen LogP contribution in [0.15, 0.2) is 28.7 Å². The first-order chi connectivity index (χ1) is 9.51. The van der Waals surface area contributed by atoms with Gasteiger partial charge in [-0.1, -0.05) is 6.07 Å². The molecule has 0 spiro atoms.